The molecule has 0 saturated heterocycles. The molecule has 0 aromatic heterocycles. The van der Waals surface area contributed by atoms with E-state index in [-0.39, 0.29) is 0 Å². The van der Waals surface area contributed by atoms with Gasteiger partial charge in [0.2, 0.25) is 0 Å². The Hall–Kier alpha value is -0.520. The molecule has 0 bridgehead atoms. The van der Waals surface area contributed by atoms with Crippen molar-refractivity contribution in [2.45, 2.75) is 25.7 Å². The van der Waals surface area contributed by atoms with Crippen molar-refractivity contribution in [2.75, 3.05) is 0 Å². The minimum atomic E-state index is 0.778. The van der Waals surface area contributed by atoms with Gasteiger partial charge in [-0.2, -0.15) is 0 Å². The van der Waals surface area contributed by atoms with E-state index in [0.717, 1.165) is 5.92 Å². The van der Waals surface area contributed by atoms with Gasteiger partial charge in [-0.1, -0.05) is 18.2 Å². The van der Waals surface area contributed by atoms with Crippen LogP contribution >= 0.6 is 0 Å². The van der Waals surface area contributed by atoms with E-state index in [1.165, 1.54) is 25.7 Å². The van der Waals surface area contributed by atoms with Gasteiger partial charge < -0.3 is 0 Å². The molecule has 0 aromatic rings. The molecule has 1 aliphatic rings. The highest BCUT2D eigenvalue weighted by Crippen LogP contribution is 2.18. The largest absolute Gasteiger partial charge is 0.103 e. The van der Waals surface area contributed by atoms with Crippen LogP contribution in [0, 0.1) is 5.92 Å². The fourth-order valence-electron chi connectivity index (χ4n) is 1.24. The first-order valence-corrected chi connectivity index (χ1v) is 3.71. The molecule has 1 aliphatic carbocycles. The van der Waals surface area contributed by atoms with Crippen LogP contribution in [0.25, 0.3) is 0 Å². The minimum absolute atomic E-state index is 0.778. The zero-order chi connectivity index (χ0) is 6.53. The second-order valence-electron chi connectivity index (χ2n) is 2.62. The van der Waals surface area contributed by atoms with E-state index in [4.69, 9.17) is 0 Å². The van der Waals surface area contributed by atoms with Crippen molar-refractivity contribution in [3.8, 4) is 0 Å². The van der Waals surface area contributed by atoms with Crippen LogP contribution in [0.3, 0.4) is 0 Å². The summed E-state index contributed by atoms with van der Waals surface area (Å²) in [5.41, 5.74) is 0. The second-order valence-corrected chi connectivity index (χ2v) is 2.62. The number of hydrogen-bond donors (Lipinski definition) is 0. The van der Waals surface area contributed by atoms with Crippen molar-refractivity contribution in [1.82, 2.24) is 0 Å². The third kappa shape index (κ3) is 2.05. The van der Waals surface area contributed by atoms with E-state index in [1.807, 2.05) is 0 Å². The first kappa shape index (κ1) is 6.60. The maximum Gasteiger partial charge on any atom is -0.0230 e. The zero-order valence-electron chi connectivity index (χ0n) is 5.84. The number of rotatable bonds is 1. The molecule has 0 unspecified atom stereocenters. The van der Waals surface area contributed by atoms with E-state index in [1.54, 1.807) is 0 Å². The fraction of sp³-hybridized carbons (Fsp3) is 0.556. The molecular formula is C9H14. The lowest BCUT2D eigenvalue weighted by molar-refractivity contribution is 0.571. The van der Waals surface area contributed by atoms with Crippen LogP contribution in [-0.4, -0.2) is 0 Å². The van der Waals surface area contributed by atoms with Crippen LogP contribution in [0.15, 0.2) is 24.8 Å². The maximum absolute atomic E-state index is 3.80. The number of allylic oxidation sites excluding steroid dienone is 3. The second kappa shape index (κ2) is 3.49. The molecule has 9 heavy (non-hydrogen) atoms. The number of hydrogen-bond acceptors (Lipinski definition) is 0. The van der Waals surface area contributed by atoms with Crippen LogP contribution < -0.4 is 0 Å². The van der Waals surface area contributed by atoms with Crippen molar-refractivity contribution < 1.29 is 0 Å². The Morgan fingerprint density at radius 1 is 1.22 bits per heavy atom. The molecule has 0 aromatic carbocycles. The standard InChI is InChI=1S/C9H14/c1-2-9-7-5-3-4-6-8-9/h2-4,9H,1,5-8H2. The monoisotopic (exact) mass is 122 g/mol. The summed E-state index contributed by atoms with van der Waals surface area (Å²) >= 11 is 0. The van der Waals surface area contributed by atoms with E-state index in [9.17, 15) is 0 Å². The summed E-state index contributed by atoms with van der Waals surface area (Å²) in [5, 5.41) is 0. The predicted octanol–water partition coefficient (Wildman–Crippen LogP) is 2.92. The Morgan fingerprint density at radius 3 is 2.22 bits per heavy atom. The third-order valence-electron chi connectivity index (χ3n) is 1.91. The zero-order valence-corrected chi connectivity index (χ0v) is 5.84. The maximum atomic E-state index is 3.80. The van der Waals surface area contributed by atoms with Gasteiger partial charge in [-0.25, -0.2) is 0 Å². The van der Waals surface area contributed by atoms with Crippen LogP contribution in [0.4, 0.5) is 0 Å². The van der Waals surface area contributed by atoms with Crippen LogP contribution in [-0.2, 0) is 0 Å². The quantitative estimate of drug-likeness (QED) is 0.469. The van der Waals surface area contributed by atoms with Crippen molar-refractivity contribution in [2.24, 2.45) is 5.92 Å². The highest BCUT2D eigenvalue weighted by molar-refractivity contribution is 4.91. The Labute approximate surface area is 57.3 Å². The molecule has 0 radical (unpaired) electrons. The molecule has 50 valence electrons. The topological polar surface area (TPSA) is 0 Å². The van der Waals surface area contributed by atoms with Gasteiger partial charge >= 0.3 is 0 Å². The molecule has 0 heteroatoms. The first-order valence-electron chi connectivity index (χ1n) is 3.71. The molecule has 0 spiro atoms. The summed E-state index contributed by atoms with van der Waals surface area (Å²) < 4.78 is 0. The van der Waals surface area contributed by atoms with Gasteiger partial charge in [0, 0.05) is 0 Å². The van der Waals surface area contributed by atoms with E-state index in [0.29, 0.717) is 0 Å². The summed E-state index contributed by atoms with van der Waals surface area (Å²) in [7, 11) is 0. The Bertz CT molecular complexity index is 101. The normalized spacial score (nSPS) is 21.3. The van der Waals surface area contributed by atoms with Crippen molar-refractivity contribution in [1.29, 1.82) is 0 Å². The SMILES string of the molecule is C=CC1CCC=CCC1. The van der Waals surface area contributed by atoms with Gasteiger partial charge in [0.05, 0.1) is 0 Å². The Kier molecular flexibility index (Phi) is 2.56. The molecule has 0 atom stereocenters. The van der Waals surface area contributed by atoms with Crippen molar-refractivity contribution in [3.63, 3.8) is 0 Å². The summed E-state index contributed by atoms with van der Waals surface area (Å²) in [4.78, 5) is 0. The van der Waals surface area contributed by atoms with Crippen molar-refractivity contribution in [3.05, 3.63) is 24.8 Å². The van der Waals surface area contributed by atoms with Gasteiger partial charge in [0.1, 0.15) is 0 Å². The Balaban J connectivity index is 2.34. The Morgan fingerprint density at radius 2 is 1.78 bits per heavy atom. The average Bonchev–Trinajstić information content (AvgIpc) is 2.13. The van der Waals surface area contributed by atoms with Gasteiger partial charge in [-0.15, -0.1) is 6.58 Å². The molecule has 0 saturated carbocycles. The van der Waals surface area contributed by atoms with Crippen molar-refractivity contribution >= 4 is 0 Å². The molecule has 0 N–H and O–H groups in total. The van der Waals surface area contributed by atoms with Gasteiger partial charge in [0.25, 0.3) is 0 Å². The first-order chi connectivity index (χ1) is 4.43. The summed E-state index contributed by atoms with van der Waals surface area (Å²) in [6.45, 7) is 3.80. The predicted molar refractivity (Wildman–Crippen MR) is 41.3 cm³/mol. The van der Waals surface area contributed by atoms with E-state index in [2.05, 4.69) is 24.8 Å². The highest BCUT2D eigenvalue weighted by Gasteiger charge is 2.03. The summed E-state index contributed by atoms with van der Waals surface area (Å²) in [6.07, 6.45) is 11.8. The molecular weight excluding hydrogens is 108 g/mol. The summed E-state index contributed by atoms with van der Waals surface area (Å²) in [5.74, 6) is 0.778. The molecule has 1 rings (SSSR count). The van der Waals surface area contributed by atoms with Crippen LogP contribution in [0.2, 0.25) is 0 Å². The highest BCUT2D eigenvalue weighted by atomic mass is 14.1. The molecule has 0 aliphatic heterocycles. The van der Waals surface area contributed by atoms with Crippen LogP contribution in [0.1, 0.15) is 25.7 Å². The summed E-state index contributed by atoms with van der Waals surface area (Å²) in [6, 6.07) is 0. The smallest absolute Gasteiger partial charge is 0.0230 e. The lowest BCUT2D eigenvalue weighted by Crippen LogP contribution is -1.91. The average molecular weight is 122 g/mol. The third-order valence-corrected chi connectivity index (χ3v) is 1.91. The van der Waals surface area contributed by atoms with E-state index < -0.39 is 0 Å². The minimum Gasteiger partial charge on any atom is -0.103 e. The molecule has 0 nitrogen and oxygen atoms in total. The fourth-order valence-corrected chi connectivity index (χ4v) is 1.24. The van der Waals surface area contributed by atoms with E-state index >= 15 is 0 Å². The lowest BCUT2D eigenvalue weighted by atomic mass is 10.0. The van der Waals surface area contributed by atoms with Gasteiger partial charge in [-0.05, 0) is 31.6 Å². The molecule has 0 fully saturated rings. The van der Waals surface area contributed by atoms with Gasteiger partial charge in [0.15, 0.2) is 0 Å². The molecule has 0 amide bonds. The van der Waals surface area contributed by atoms with Gasteiger partial charge in [-0.3, -0.25) is 0 Å². The molecule has 0 heterocycles. The van der Waals surface area contributed by atoms with Crippen LogP contribution in [0.5, 0.6) is 0 Å². The lowest BCUT2D eigenvalue weighted by Gasteiger charge is -2.05.